The summed E-state index contributed by atoms with van der Waals surface area (Å²) in [6.07, 6.45) is 13.1. The first-order chi connectivity index (χ1) is 9.83. The molecule has 2 aromatic rings. The van der Waals surface area contributed by atoms with Gasteiger partial charge in [-0.25, -0.2) is 9.97 Å². The lowest BCUT2D eigenvalue weighted by atomic mass is 9.96. The van der Waals surface area contributed by atoms with Crippen molar-refractivity contribution in [2.45, 2.75) is 50.7 Å². The molecule has 0 saturated heterocycles. The van der Waals surface area contributed by atoms with Crippen molar-refractivity contribution in [3.05, 3.63) is 42.2 Å². The fourth-order valence-electron chi connectivity index (χ4n) is 2.83. The van der Waals surface area contributed by atoms with Gasteiger partial charge in [0.05, 0.1) is 17.8 Å². The summed E-state index contributed by atoms with van der Waals surface area (Å²) in [7, 11) is 0. The average Bonchev–Trinajstić information content (AvgIpc) is 2.97. The summed E-state index contributed by atoms with van der Waals surface area (Å²) in [6.45, 7) is 0. The van der Waals surface area contributed by atoms with Crippen LogP contribution in [0.2, 0.25) is 0 Å². The molecule has 1 N–H and O–H groups in total. The van der Waals surface area contributed by atoms with Gasteiger partial charge in [-0.3, -0.25) is 4.68 Å². The standard InChI is InChI=1S/C15H20N4O/c20-15(12-9-16-11-17-10-12)8-13-6-7-19(18-13)14-4-2-1-3-5-14/h6-7,9-11,14-15,20H,1-5,8H2. The van der Waals surface area contributed by atoms with Crippen molar-refractivity contribution in [3.8, 4) is 0 Å². The van der Waals surface area contributed by atoms with Crippen molar-refractivity contribution >= 4 is 0 Å². The summed E-state index contributed by atoms with van der Waals surface area (Å²) in [5, 5.41) is 14.8. The summed E-state index contributed by atoms with van der Waals surface area (Å²) in [4.78, 5) is 7.86. The Morgan fingerprint density at radius 2 is 1.95 bits per heavy atom. The van der Waals surface area contributed by atoms with Crippen LogP contribution in [0.5, 0.6) is 0 Å². The van der Waals surface area contributed by atoms with Gasteiger partial charge in [-0.05, 0) is 18.9 Å². The number of hydrogen-bond acceptors (Lipinski definition) is 4. The molecular weight excluding hydrogens is 252 g/mol. The number of aromatic nitrogens is 4. The average molecular weight is 272 g/mol. The molecule has 1 aliphatic rings. The largest absolute Gasteiger partial charge is 0.388 e. The van der Waals surface area contributed by atoms with Gasteiger partial charge in [0.2, 0.25) is 0 Å². The van der Waals surface area contributed by atoms with Gasteiger partial charge in [-0.1, -0.05) is 19.3 Å². The molecule has 1 unspecified atom stereocenters. The predicted molar refractivity (Wildman–Crippen MR) is 75.0 cm³/mol. The maximum absolute atomic E-state index is 10.2. The SMILES string of the molecule is OC(Cc1ccn(C2CCCCC2)n1)c1cncnc1. The first-order valence-electron chi connectivity index (χ1n) is 7.30. The molecule has 0 amide bonds. The van der Waals surface area contributed by atoms with Crippen LogP contribution in [-0.4, -0.2) is 24.9 Å². The lowest BCUT2D eigenvalue weighted by Gasteiger charge is -2.21. The molecule has 0 radical (unpaired) electrons. The van der Waals surface area contributed by atoms with E-state index in [9.17, 15) is 5.11 Å². The summed E-state index contributed by atoms with van der Waals surface area (Å²) in [5.74, 6) is 0. The number of aliphatic hydroxyl groups is 1. The fraction of sp³-hybridized carbons (Fsp3) is 0.533. The van der Waals surface area contributed by atoms with Crippen molar-refractivity contribution in [2.24, 2.45) is 0 Å². The molecule has 20 heavy (non-hydrogen) atoms. The molecule has 1 fully saturated rings. The Morgan fingerprint density at radius 1 is 1.20 bits per heavy atom. The molecule has 1 saturated carbocycles. The molecule has 1 atom stereocenters. The van der Waals surface area contributed by atoms with E-state index < -0.39 is 6.10 Å². The van der Waals surface area contributed by atoms with Crippen molar-refractivity contribution in [3.63, 3.8) is 0 Å². The third-order valence-corrected chi connectivity index (χ3v) is 3.98. The monoisotopic (exact) mass is 272 g/mol. The molecule has 0 bridgehead atoms. The van der Waals surface area contributed by atoms with Crippen LogP contribution >= 0.6 is 0 Å². The molecule has 5 nitrogen and oxygen atoms in total. The lowest BCUT2D eigenvalue weighted by molar-refractivity contribution is 0.175. The first-order valence-corrected chi connectivity index (χ1v) is 7.30. The van der Waals surface area contributed by atoms with E-state index in [4.69, 9.17) is 0 Å². The van der Waals surface area contributed by atoms with Crippen molar-refractivity contribution in [1.82, 2.24) is 19.7 Å². The van der Waals surface area contributed by atoms with Gasteiger partial charge in [-0.15, -0.1) is 0 Å². The van der Waals surface area contributed by atoms with Gasteiger partial charge >= 0.3 is 0 Å². The van der Waals surface area contributed by atoms with Crippen molar-refractivity contribution in [1.29, 1.82) is 0 Å². The van der Waals surface area contributed by atoms with Crippen LogP contribution in [0.1, 0.15) is 55.5 Å². The van der Waals surface area contributed by atoms with Gasteiger partial charge in [0.15, 0.2) is 0 Å². The van der Waals surface area contributed by atoms with Gasteiger partial charge in [-0.2, -0.15) is 5.10 Å². The molecule has 0 aromatic carbocycles. The molecular formula is C15H20N4O. The third kappa shape index (κ3) is 3.04. The highest BCUT2D eigenvalue weighted by Crippen LogP contribution is 2.27. The normalized spacial score (nSPS) is 18.1. The predicted octanol–water partition coefficient (Wildman–Crippen LogP) is 2.45. The second-order valence-electron chi connectivity index (χ2n) is 5.47. The molecule has 106 valence electrons. The molecule has 3 rings (SSSR count). The zero-order chi connectivity index (χ0) is 13.8. The second-order valence-corrected chi connectivity index (χ2v) is 5.47. The minimum Gasteiger partial charge on any atom is -0.388 e. The van der Waals surface area contributed by atoms with Gasteiger partial charge in [0, 0.05) is 30.6 Å². The zero-order valence-electron chi connectivity index (χ0n) is 11.5. The molecule has 5 heteroatoms. The Balaban J connectivity index is 1.65. The van der Waals surface area contributed by atoms with E-state index in [1.807, 2.05) is 12.3 Å². The number of aliphatic hydroxyl groups excluding tert-OH is 1. The van der Waals surface area contributed by atoms with Gasteiger partial charge in [0.25, 0.3) is 0 Å². The van der Waals surface area contributed by atoms with E-state index in [0.29, 0.717) is 12.5 Å². The van der Waals surface area contributed by atoms with Crippen LogP contribution < -0.4 is 0 Å². The van der Waals surface area contributed by atoms with E-state index in [2.05, 4.69) is 19.7 Å². The lowest BCUT2D eigenvalue weighted by Crippen LogP contribution is -2.13. The first kappa shape index (κ1) is 13.2. The summed E-state index contributed by atoms with van der Waals surface area (Å²) >= 11 is 0. The highest BCUT2D eigenvalue weighted by molar-refractivity contribution is 5.11. The maximum Gasteiger partial charge on any atom is 0.115 e. The molecule has 1 aliphatic carbocycles. The van der Waals surface area contributed by atoms with Crippen LogP contribution in [-0.2, 0) is 6.42 Å². The molecule has 0 aliphatic heterocycles. The van der Waals surface area contributed by atoms with Crippen molar-refractivity contribution in [2.75, 3.05) is 0 Å². The topological polar surface area (TPSA) is 63.8 Å². The van der Waals surface area contributed by atoms with Crippen LogP contribution in [0, 0.1) is 0 Å². The Kier molecular flexibility index (Phi) is 4.06. The van der Waals surface area contributed by atoms with Crippen LogP contribution in [0.4, 0.5) is 0 Å². The zero-order valence-corrected chi connectivity index (χ0v) is 11.5. The Hall–Kier alpha value is -1.75. The van der Waals surface area contributed by atoms with E-state index in [1.165, 1.54) is 38.4 Å². The number of rotatable bonds is 4. The fourth-order valence-corrected chi connectivity index (χ4v) is 2.83. The van der Waals surface area contributed by atoms with Gasteiger partial charge in [0.1, 0.15) is 6.33 Å². The Morgan fingerprint density at radius 3 is 2.70 bits per heavy atom. The minimum absolute atomic E-state index is 0.507. The quantitative estimate of drug-likeness (QED) is 0.928. The molecule has 0 spiro atoms. The summed E-state index contributed by atoms with van der Waals surface area (Å²) < 4.78 is 2.07. The third-order valence-electron chi connectivity index (χ3n) is 3.98. The van der Waals surface area contributed by atoms with Crippen LogP contribution in [0.25, 0.3) is 0 Å². The number of hydrogen-bond donors (Lipinski definition) is 1. The Bertz CT molecular complexity index is 534. The van der Waals surface area contributed by atoms with E-state index >= 15 is 0 Å². The van der Waals surface area contributed by atoms with E-state index in [1.54, 1.807) is 12.4 Å². The van der Waals surface area contributed by atoms with Crippen LogP contribution in [0.15, 0.2) is 31.0 Å². The van der Waals surface area contributed by atoms with E-state index in [-0.39, 0.29) is 0 Å². The summed E-state index contributed by atoms with van der Waals surface area (Å²) in [6, 6.07) is 2.54. The number of nitrogens with zero attached hydrogens (tertiary/aromatic N) is 4. The maximum atomic E-state index is 10.2. The van der Waals surface area contributed by atoms with Gasteiger partial charge < -0.3 is 5.11 Å². The highest BCUT2D eigenvalue weighted by Gasteiger charge is 2.17. The molecule has 2 aromatic heterocycles. The molecule has 2 heterocycles. The van der Waals surface area contributed by atoms with Crippen LogP contribution in [0.3, 0.4) is 0 Å². The second kappa shape index (κ2) is 6.13. The minimum atomic E-state index is -0.592. The highest BCUT2D eigenvalue weighted by atomic mass is 16.3. The summed E-state index contributed by atoms with van der Waals surface area (Å²) in [5.41, 5.74) is 1.66. The Labute approximate surface area is 118 Å². The smallest absolute Gasteiger partial charge is 0.115 e. The van der Waals surface area contributed by atoms with E-state index in [0.717, 1.165) is 11.3 Å². The van der Waals surface area contributed by atoms with Crippen molar-refractivity contribution < 1.29 is 5.11 Å².